The lowest BCUT2D eigenvalue weighted by atomic mass is 10.1. The number of sulfone groups is 1. The summed E-state index contributed by atoms with van der Waals surface area (Å²) in [5, 5.41) is 10.4. The Bertz CT molecular complexity index is 532. The largest absolute Gasteiger partial charge is 0.390 e. The van der Waals surface area contributed by atoms with E-state index in [4.69, 9.17) is 11.6 Å². The number of hydrogen-bond acceptors (Lipinski definition) is 4. The van der Waals surface area contributed by atoms with Crippen molar-refractivity contribution in [3.63, 3.8) is 0 Å². The van der Waals surface area contributed by atoms with Gasteiger partial charge in [0.1, 0.15) is 0 Å². The molecule has 1 aromatic carbocycles. The van der Waals surface area contributed by atoms with Crippen LogP contribution in [0.2, 0.25) is 5.02 Å². The summed E-state index contributed by atoms with van der Waals surface area (Å²) in [5.41, 5.74) is 1.00. The molecule has 0 bridgehead atoms. The first-order chi connectivity index (χ1) is 8.37. The first-order valence-corrected chi connectivity index (χ1v) is 7.90. The Labute approximate surface area is 112 Å². The minimum absolute atomic E-state index is 0.0191. The molecule has 1 saturated heterocycles. The van der Waals surface area contributed by atoms with Crippen LogP contribution in [-0.4, -0.2) is 49.1 Å². The van der Waals surface area contributed by atoms with Crippen molar-refractivity contribution in [3.8, 4) is 0 Å². The van der Waals surface area contributed by atoms with Crippen molar-refractivity contribution in [2.75, 3.05) is 18.6 Å². The van der Waals surface area contributed by atoms with E-state index in [-0.39, 0.29) is 17.5 Å². The third-order valence-electron chi connectivity index (χ3n) is 3.18. The second-order valence-electron chi connectivity index (χ2n) is 4.76. The van der Waals surface area contributed by atoms with Crippen molar-refractivity contribution >= 4 is 21.4 Å². The van der Waals surface area contributed by atoms with Gasteiger partial charge in [-0.1, -0.05) is 23.7 Å². The van der Waals surface area contributed by atoms with Crippen LogP contribution in [0.4, 0.5) is 0 Å². The van der Waals surface area contributed by atoms with Crippen molar-refractivity contribution in [2.45, 2.75) is 18.7 Å². The highest BCUT2D eigenvalue weighted by atomic mass is 35.5. The molecule has 0 amide bonds. The maximum Gasteiger partial charge on any atom is 0.154 e. The van der Waals surface area contributed by atoms with Gasteiger partial charge >= 0.3 is 0 Å². The van der Waals surface area contributed by atoms with Crippen LogP contribution in [0, 0.1) is 0 Å². The molecule has 0 unspecified atom stereocenters. The van der Waals surface area contributed by atoms with Gasteiger partial charge in [0.25, 0.3) is 0 Å². The Kier molecular flexibility index (Phi) is 3.96. The number of aliphatic hydroxyl groups excluding tert-OH is 1. The first-order valence-electron chi connectivity index (χ1n) is 5.70. The van der Waals surface area contributed by atoms with Gasteiger partial charge in [0.2, 0.25) is 0 Å². The summed E-state index contributed by atoms with van der Waals surface area (Å²) < 4.78 is 22.9. The summed E-state index contributed by atoms with van der Waals surface area (Å²) in [6.07, 6.45) is -0.806. The molecular formula is C12H16ClNO3S. The normalized spacial score (nSPS) is 26.7. The van der Waals surface area contributed by atoms with Crippen LogP contribution in [0.3, 0.4) is 0 Å². The number of nitrogens with zero attached hydrogens (tertiary/aromatic N) is 1. The van der Waals surface area contributed by atoms with Crippen molar-refractivity contribution in [2.24, 2.45) is 0 Å². The summed E-state index contributed by atoms with van der Waals surface area (Å²) in [6, 6.07) is 7.08. The molecule has 100 valence electrons. The molecule has 6 heteroatoms. The zero-order valence-electron chi connectivity index (χ0n) is 10.1. The van der Waals surface area contributed by atoms with Crippen LogP contribution >= 0.6 is 11.6 Å². The van der Waals surface area contributed by atoms with Gasteiger partial charge in [0, 0.05) is 11.6 Å². The number of benzene rings is 1. The molecule has 2 rings (SSSR count). The van der Waals surface area contributed by atoms with E-state index in [1.807, 2.05) is 30.1 Å². The fraction of sp³-hybridized carbons (Fsp3) is 0.500. The summed E-state index contributed by atoms with van der Waals surface area (Å²) in [5.74, 6) is -0.122. The standard InChI is InChI=1S/C12H16ClNO3S/c1-14(6-9-3-2-4-10(13)5-9)11-7-18(16,17)8-12(11)15/h2-5,11-12,15H,6-8H2,1H3/t11-,12-/m1/s1. The van der Waals surface area contributed by atoms with Crippen LogP contribution in [0.5, 0.6) is 0 Å². The van der Waals surface area contributed by atoms with Crippen LogP contribution in [-0.2, 0) is 16.4 Å². The summed E-state index contributed by atoms with van der Waals surface area (Å²) in [4.78, 5) is 1.86. The molecule has 0 aromatic heterocycles. The van der Waals surface area contributed by atoms with Gasteiger partial charge in [0.15, 0.2) is 9.84 Å². The number of hydrogen-bond donors (Lipinski definition) is 1. The van der Waals surface area contributed by atoms with Gasteiger partial charge in [-0.15, -0.1) is 0 Å². The van der Waals surface area contributed by atoms with Crippen LogP contribution < -0.4 is 0 Å². The van der Waals surface area contributed by atoms with E-state index < -0.39 is 15.9 Å². The molecule has 1 aliphatic rings. The molecule has 1 heterocycles. The van der Waals surface area contributed by atoms with Crippen molar-refractivity contribution in [1.29, 1.82) is 0 Å². The molecule has 0 aliphatic carbocycles. The molecule has 1 aliphatic heterocycles. The van der Waals surface area contributed by atoms with Crippen molar-refractivity contribution in [1.82, 2.24) is 4.90 Å². The highest BCUT2D eigenvalue weighted by Crippen LogP contribution is 2.20. The minimum atomic E-state index is -3.11. The molecule has 2 atom stereocenters. The van der Waals surface area contributed by atoms with Gasteiger partial charge in [-0.3, -0.25) is 4.90 Å². The van der Waals surface area contributed by atoms with E-state index in [1.54, 1.807) is 6.07 Å². The lowest BCUT2D eigenvalue weighted by molar-refractivity contribution is 0.0958. The molecule has 0 spiro atoms. The lowest BCUT2D eigenvalue weighted by Gasteiger charge is -2.25. The predicted octanol–water partition coefficient (Wildman–Crippen LogP) is 0.930. The second kappa shape index (κ2) is 5.17. The Morgan fingerprint density at radius 2 is 2.17 bits per heavy atom. The van der Waals surface area contributed by atoms with E-state index in [0.29, 0.717) is 11.6 Å². The second-order valence-corrected chi connectivity index (χ2v) is 7.35. The quantitative estimate of drug-likeness (QED) is 0.899. The highest BCUT2D eigenvalue weighted by molar-refractivity contribution is 7.91. The van der Waals surface area contributed by atoms with Gasteiger partial charge in [-0.05, 0) is 24.7 Å². The smallest absolute Gasteiger partial charge is 0.154 e. The Balaban J connectivity index is 2.07. The van der Waals surface area contributed by atoms with Gasteiger partial charge in [-0.2, -0.15) is 0 Å². The number of rotatable bonds is 3. The van der Waals surface area contributed by atoms with Crippen molar-refractivity contribution < 1.29 is 13.5 Å². The third-order valence-corrected chi connectivity index (χ3v) is 5.11. The third kappa shape index (κ3) is 3.23. The number of likely N-dealkylation sites (N-methyl/N-ethyl adjacent to an activating group) is 1. The monoisotopic (exact) mass is 289 g/mol. The first kappa shape index (κ1) is 13.8. The molecular weight excluding hydrogens is 274 g/mol. The van der Waals surface area contributed by atoms with E-state index >= 15 is 0 Å². The maximum atomic E-state index is 11.5. The summed E-state index contributed by atoms with van der Waals surface area (Å²) >= 11 is 5.90. The zero-order chi connectivity index (χ0) is 13.3. The SMILES string of the molecule is CN(Cc1cccc(Cl)c1)[C@@H]1CS(=O)(=O)C[C@H]1O. The predicted molar refractivity (Wildman–Crippen MR) is 71.4 cm³/mol. The maximum absolute atomic E-state index is 11.5. The highest BCUT2D eigenvalue weighted by Gasteiger charge is 2.38. The van der Waals surface area contributed by atoms with Gasteiger partial charge in [0.05, 0.1) is 23.7 Å². The summed E-state index contributed by atoms with van der Waals surface area (Å²) in [7, 11) is -1.29. The summed E-state index contributed by atoms with van der Waals surface area (Å²) in [6.45, 7) is 0.567. The fourth-order valence-electron chi connectivity index (χ4n) is 2.27. The fourth-order valence-corrected chi connectivity index (χ4v) is 4.36. The molecule has 18 heavy (non-hydrogen) atoms. The molecule has 0 radical (unpaired) electrons. The molecule has 1 fully saturated rings. The Morgan fingerprint density at radius 3 is 2.72 bits per heavy atom. The van der Waals surface area contributed by atoms with Gasteiger partial charge < -0.3 is 5.11 Å². The van der Waals surface area contributed by atoms with E-state index in [9.17, 15) is 13.5 Å². The van der Waals surface area contributed by atoms with Gasteiger partial charge in [-0.25, -0.2) is 8.42 Å². The average Bonchev–Trinajstić information content (AvgIpc) is 2.52. The van der Waals surface area contributed by atoms with Crippen molar-refractivity contribution in [3.05, 3.63) is 34.9 Å². The topological polar surface area (TPSA) is 57.6 Å². The minimum Gasteiger partial charge on any atom is -0.390 e. The van der Waals surface area contributed by atoms with E-state index in [0.717, 1.165) is 5.56 Å². The molecule has 1 N–H and O–H groups in total. The number of halogens is 1. The average molecular weight is 290 g/mol. The van der Waals surface area contributed by atoms with Crippen LogP contribution in [0.1, 0.15) is 5.56 Å². The number of aliphatic hydroxyl groups is 1. The van der Waals surface area contributed by atoms with Crippen LogP contribution in [0.25, 0.3) is 0 Å². The van der Waals surface area contributed by atoms with Crippen LogP contribution in [0.15, 0.2) is 24.3 Å². The Hall–Kier alpha value is -0.620. The molecule has 4 nitrogen and oxygen atoms in total. The van der Waals surface area contributed by atoms with E-state index in [1.165, 1.54) is 0 Å². The lowest BCUT2D eigenvalue weighted by Crippen LogP contribution is -2.40. The Morgan fingerprint density at radius 1 is 1.44 bits per heavy atom. The van der Waals surface area contributed by atoms with E-state index in [2.05, 4.69) is 0 Å². The molecule has 0 saturated carbocycles. The zero-order valence-corrected chi connectivity index (χ0v) is 11.7. The molecule has 1 aromatic rings.